The maximum atomic E-state index is 14.2. The summed E-state index contributed by atoms with van der Waals surface area (Å²) < 4.78 is 325. The van der Waals surface area contributed by atoms with Gasteiger partial charge in [0.25, 0.3) is 6.10 Å². The lowest BCUT2D eigenvalue weighted by molar-refractivity contribution is -0.314. The van der Waals surface area contributed by atoms with Crippen molar-refractivity contribution in [3.63, 3.8) is 0 Å². The van der Waals surface area contributed by atoms with Gasteiger partial charge in [0.2, 0.25) is 0 Å². The Labute approximate surface area is 488 Å². The minimum atomic E-state index is -6.31. The average Bonchev–Trinajstić information content (AvgIpc) is 1.58. The van der Waals surface area contributed by atoms with Gasteiger partial charge in [0.05, 0.1) is 42.3 Å². The van der Waals surface area contributed by atoms with E-state index in [1.807, 2.05) is 33.5 Å². The molecule has 0 bridgehead atoms. The molecular weight excluding hydrogens is 1290 g/mol. The van der Waals surface area contributed by atoms with Crippen LogP contribution in [0.2, 0.25) is 49.4 Å². The molecule has 5 atom stereocenters. The van der Waals surface area contributed by atoms with E-state index in [0.717, 1.165) is 13.8 Å². The van der Waals surface area contributed by atoms with Crippen LogP contribution in [-0.2, 0) is 57.2 Å². The van der Waals surface area contributed by atoms with E-state index in [4.69, 9.17) is 9.47 Å². The minimum Gasteiger partial charge on any atom is -0.465 e. The molecule has 0 saturated carbocycles. The third-order valence-corrected chi connectivity index (χ3v) is 23.8. The lowest BCUT2D eigenvalue weighted by Crippen LogP contribution is -2.49. The molecule has 0 aromatic rings. The van der Waals surface area contributed by atoms with Crippen LogP contribution >= 0.6 is 0 Å². The largest absolute Gasteiger partial charge is 0.465 e. The zero-order chi connectivity index (χ0) is 69.9. The van der Waals surface area contributed by atoms with Crippen LogP contribution in [-0.4, -0.2) is 146 Å². The summed E-state index contributed by atoms with van der Waals surface area (Å²) in [5.74, 6) is -37.8. The van der Waals surface area contributed by atoms with Crippen molar-refractivity contribution < 1.29 is 158 Å². The van der Waals surface area contributed by atoms with Crippen LogP contribution in [0.4, 0.5) is 101 Å². The van der Waals surface area contributed by atoms with Gasteiger partial charge in [0, 0.05) is 16.1 Å². The second-order valence-electron chi connectivity index (χ2n) is 24.8. The van der Waals surface area contributed by atoms with E-state index in [0.29, 0.717) is 33.1 Å². The van der Waals surface area contributed by atoms with Crippen LogP contribution in [0.25, 0.3) is 0 Å². The summed E-state index contributed by atoms with van der Waals surface area (Å²) >= 11 is 0. The molecule has 87 heavy (non-hydrogen) atoms. The van der Waals surface area contributed by atoms with Gasteiger partial charge in [-0.15, -0.1) is 0 Å². The first-order chi connectivity index (χ1) is 38.1. The van der Waals surface area contributed by atoms with Crippen molar-refractivity contribution in [1.29, 1.82) is 0 Å². The molecule has 12 nitrogen and oxygen atoms in total. The highest BCUT2D eigenvalue weighted by Crippen LogP contribution is 2.48. The smallest absolute Gasteiger partial charge is 0.456 e. The summed E-state index contributed by atoms with van der Waals surface area (Å²) in [7, 11) is -3.40. The van der Waals surface area contributed by atoms with E-state index < -0.39 is 187 Å². The normalized spacial score (nSPS) is 16.1. The van der Waals surface area contributed by atoms with Crippen molar-refractivity contribution in [2.24, 2.45) is 34.5 Å². The summed E-state index contributed by atoms with van der Waals surface area (Å²) in [4.78, 5) is 75.2. The third kappa shape index (κ3) is 25.5. The fourth-order valence-corrected chi connectivity index (χ4v) is 8.57. The van der Waals surface area contributed by atoms with Gasteiger partial charge in [0.15, 0.2) is 25.2 Å². The standard InChI is InChI=1S/C25H35F13O6Si.C25H38F10O6Si/c1-14(16(39)43-12-21(26,27)24(33,34)35)15(17(40)44-13-22(28,29)25(36,37)38)11-20(4,23(30,31)32)18(41)42-10-8-9-19(2,3)45(5,6)7;1-14(16(36)41-18(24(30,31)32)25(33,34)35)15(17(37)40-13-23(28,29)19(26)27)12-21(2,3)20(38)39-11-9-10-22(4,5)42(6,7)8/h14-15H,8-13H2,1-7H3;14-15,18-19H,9-13H2,1-8H3. The Bertz CT molecular complexity index is 2250. The predicted octanol–water partition coefficient (Wildman–Crippen LogP) is 15.7. The van der Waals surface area contributed by atoms with Gasteiger partial charge in [-0.3, -0.25) is 28.8 Å². The molecule has 37 heteroatoms. The molecule has 514 valence electrons. The minimum absolute atomic E-state index is 0.0372. The summed E-state index contributed by atoms with van der Waals surface area (Å²) in [5, 5.41) is -0.302. The fraction of sp³-hybridized carbons (Fsp3) is 0.880. The highest BCUT2D eigenvalue weighted by atomic mass is 28.3. The van der Waals surface area contributed by atoms with Gasteiger partial charge in [-0.2, -0.15) is 92.2 Å². The Morgan fingerprint density at radius 1 is 0.414 bits per heavy atom. The Morgan fingerprint density at radius 2 is 0.736 bits per heavy atom. The molecule has 0 N–H and O–H groups in total. The molecule has 0 amide bonds. The van der Waals surface area contributed by atoms with Gasteiger partial charge in [-0.25, -0.2) is 8.78 Å². The molecule has 5 unspecified atom stereocenters. The average molecular weight is 1360 g/mol. The second-order valence-corrected chi connectivity index (χ2v) is 36.6. The third-order valence-electron chi connectivity index (χ3n) is 15.1. The van der Waals surface area contributed by atoms with Crippen LogP contribution < -0.4 is 0 Å². The number of alkyl halides is 23. The fourth-order valence-electron chi connectivity index (χ4n) is 6.71. The van der Waals surface area contributed by atoms with Crippen LogP contribution in [0, 0.1) is 34.5 Å². The first-order valence-electron chi connectivity index (χ1n) is 25.9. The second kappa shape index (κ2) is 30.2. The van der Waals surface area contributed by atoms with Gasteiger partial charge >= 0.3 is 90.9 Å². The quantitative estimate of drug-likeness (QED) is 0.0221. The van der Waals surface area contributed by atoms with Gasteiger partial charge in [0.1, 0.15) is 0 Å². The Balaban J connectivity index is 0. The lowest BCUT2D eigenvalue weighted by Gasteiger charge is -2.37. The zero-order valence-corrected chi connectivity index (χ0v) is 51.8. The van der Waals surface area contributed by atoms with Crippen LogP contribution in [0.5, 0.6) is 0 Å². The van der Waals surface area contributed by atoms with Crippen molar-refractivity contribution in [2.45, 2.75) is 211 Å². The predicted molar refractivity (Wildman–Crippen MR) is 265 cm³/mol. The van der Waals surface area contributed by atoms with Crippen molar-refractivity contribution in [1.82, 2.24) is 0 Å². The van der Waals surface area contributed by atoms with Crippen LogP contribution in [0.1, 0.15) is 101 Å². The number of hydrogen-bond acceptors (Lipinski definition) is 12. The molecule has 0 rings (SSSR count). The first kappa shape index (κ1) is 84.7. The highest BCUT2D eigenvalue weighted by molar-refractivity contribution is 6.79. The molecule has 0 fully saturated rings. The van der Waals surface area contributed by atoms with Crippen molar-refractivity contribution in [3.05, 3.63) is 0 Å². The summed E-state index contributed by atoms with van der Waals surface area (Å²) in [6, 6.07) is 0. The van der Waals surface area contributed by atoms with E-state index >= 15 is 0 Å². The molecule has 0 aromatic heterocycles. The lowest BCUT2D eigenvalue weighted by atomic mass is 9.75. The number of rotatable bonds is 30. The molecule has 0 aliphatic carbocycles. The first-order valence-corrected chi connectivity index (χ1v) is 32.9. The summed E-state index contributed by atoms with van der Waals surface area (Å²) in [6.07, 6.45) is -40.6. The molecule has 0 spiro atoms. The maximum Gasteiger partial charge on any atom is 0.456 e. The van der Waals surface area contributed by atoms with Gasteiger partial charge < -0.3 is 28.4 Å². The van der Waals surface area contributed by atoms with Gasteiger partial charge in [-0.05, 0) is 69.4 Å². The molecule has 0 saturated heterocycles. The van der Waals surface area contributed by atoms with Gasteiger partial charge in [-0.1, -0.05) is 80.8 Å². The van der Waals surface area contributed by atoms with E-state index in [9.17, 15) is 130 Å². The molecule has 0 aromatic carbocycles. The zero-order valence-electron chi connectivity index (χ0n) is 49.8. The molecule has 0 heterocycles. The molecule has 0 aliphatic rings. The molecular formula is C50H73F23O12Si2. The molecule has 0 aliphatic heterocycles. The highest BCUT2D eigenvalue weighted by Gasteiger charge is 2.64. The van der Waals surface area contributed by atoms with Crippen molar-refractivity contribution in [3.8, 4) is 0 Å². The summed E-state index contributed by atoms with van der Waals surface area (Å²) in [6.45, 7) is 15.5. The number of carbonyl (C=O) groups excluding carboxylic acids is 6. The van der Waals surface area contributed by atoms with E-state index in [1.54, 1.807) is 0 Å². The van der Waals surface area contributed by atoms with E-state index in [2.05, 4.69) is 52.4 Å². The number of carbonyl (C=O) groups is 6. The Hall–Kier alpha value is -4.36. The topological polar surface area (TPSA) is 158 Å². The monoisotopic (exact) mass is 1360 g/mol. The number of hydrogen-bond donors (Lipinski definition) is 0. The maximum absolute atomic E-state index is 14.2. The van der Waals surface area contributed by atoms with Crippen molar-refractivity contribution in [2.75, 3.05) is 33.0 Å². The van der Waals surface area contributed by atoms with Crippen LogP contribution in [0.3, 0.4) is 0 Å². The summed E-state index contributed by atoms with van der Waals surface area (Å²) in [5.41, 5.74) is -5.56. The Morgan fingerprint density at radius 3 is 1.06 bits per heavy atom. The molecule has 0 radical (unpaired) electrons. The van der Waals surface area contributed by atoms with Crippen LogP contribution in [0.15, 0.2) is 0 Å². The Kier molecular flexibility index (Phi) is 29.4. The number of ether oxygens (including phenoxy) is 6. The number of esters is 6. The number of halogens is 23. The van der Waals surface area contributed by atoms with Crippen molar-refractivity contribution >= 4 is 52.0 Å². The SMILES string of the molecule is CC(C(=O)OC(C(F)(F)F)C(F)(F)F)C(CC(C)(C)C(=O)OCCCC(C)(C)[Si](C)(C)C)C(=O)OCC(F)(F)C(F)F.CC(C(=O)OCC(F)(F)C(F)(F)F)C(CC(C)(C(=O)OCCCC(C)(C)[Si](C)(C)C)C(F)(F)F)C(=O)OCC(F)(F)C(F)(F)F. The van der Waals surface area contributed by atoms with E-state index in [1.165, 1.54) is 0 Å². The van der Waals surface area contributed by atoms with E-state index in [-0.39, 0.29) is 30.0 Å².